The van der Waals surface area contributed by atoms with Crippen LogP contribution in [0.25, 0.3) is 0 Å². The lowest BCUT2D eigenvalue weighted by Gasteiger charge is -2.37. The van der Waals surface area contributed by atoms with Crippen LogP contribution < -0.4 is 0 Å². The zero-order valence-electron chi connectivity index (χ0n) is 12.5. The lowest BCUT2D eigenvalue weighted by atomic mass is 10.2. The Morgan fingerprint density at radius 1 is 1.10 bits per heavy atom. The minimum atomic E-state index is -0.505. The number of carbonyl (C=O) groups is 1. The van der Waals surface area contributed by atoms with Gasteiger partial charge < -0.3 is 14.5 Å². The molecule has 5 heteroatoms. The Hall–Kier alpha value is -1.78. The summed E-state index contributed by atoms with van der Waals surface area (Å²) in [6.07, 6.45) is 2.31. The summed E-state index contributed by atoms with van der Waals surface area (Å²) < 4.78 is 18.9. The third-order valence-electron chi connectivity index (χ3n) is 2.89. The molecule has 0 aliphatic carbocycles. The molecule has 1 aliphatic heterocycles. The summed E-state index contributed by atoms with van der Waals surface area (Å²) >= 11 is 0. The minimum absolute atomic E-state index is 0.328. The van der Waals surface area contributed by atoms with Crippen LogP contribution in [0.3, 0.4) is 0 Å². The largest absolute Gasteiger partial charge is 0.444 e. The van der Waals surface area contributed by atoms with E-state index in [1.165, 1.54) is 6.08 Å². The highest BCUT2D eigenvalue weighted by Gasteiger charge is 2.26. The topological polar surface area (TPSA) is 32.8 Å². The zero-order chi connectivity index (χ0) is 15.3. The molecule has 1 heterocycles. The smallest absolute Gasteiger partial charge is 0.410 e. The molecule has 112 valence electrons. The van der Waals surface area contributed by atoms with Crippen molar-refractivity contribution in [1.29, 1.82) is 0 Å². The summed E-state index contributed by atoms with van der Waals surface area (Å²) in [6.45, 7) is 14.6. The van der Waals surface area contributed by atoms with Crippen molar-refractivity contribution in [2.45, 2.75) is 26.4 Å². The second-order valence-electron chi connectivity index (χ2n) is 5.60. The molecule has 0 atom stereocenters. The van der Waals surface area contributed by atoms with Gasteiger partial charge in [0, 0.05) is 26.2 Å². The fourth-order valence-corrected chi connectivity index (χ4v) is 1.94. The molecular formula is C15H23FN2O2. The van der Waals surface area contributed by atoms with Crippen molar-refractivity contribution < 1.29 is 13.9 Å². The number of rotatable bonds is 3. The SMILES string of the molecule is C=C/C(F)=C(\C=C)N1CCN(C(=O)OC(C)(C)C)CC1. The van der Waals surface area contributed by atoms with Gasteiger partial charge in [0.05, 0.1) is 5.70 Å². The molecule has 1 saturated heterocycles. The number of nitrogens with zero attached hydrogens (tertiary/aromatic N) is 2. The van der Waals surface area contributed by atoms with E-state index in [1.807, 2.05) is 25.7 Å². The van der Waals surface area contributed by atoms with E-state index in [1.54, 1.807) is 4.90 Å². The van der Waals surface area contributed by atoms with Crippen LogP contribution in [-0.4, -0.2) is 47.7 Å². The first-order valence-corrected chi connectivity index (χ1v) is 6.66. The molecule has 0 bridgehead atoms. The van der Waals surface area contributed by atoms with E-state index in [0.717, 1.165) is 6.08 Å². The van der Waals surface area contributed by atoms with E-state index in [0.29, 0.717) is 31.9 Å². The second kappa shape index (κ2) is 6.59. The molecule has 0 radical (unpaired) electrons. The average molecular weight is 282 g/mol. The standard InChI is InChI=1S/C15H23FN2O2/c1-6-12(16)13(7-2)17-8-10-18(11-9-17)14(19)20-15(3,4)5/h6-7H,1-2,8-11H2,3-5H3/b13-12-. The molecule has 20 heavy (non-hydrogen) atoms. The van der Waals surface area contributed by atoms with Crippen LogP contribution in [0.5, 0.6) is 0 Å². The zero-order valence-corrected chi connectivity index (χ0v) is 12.5. The third-order valence-corrected chi connectivity index (χ3v) is 2.89. The summed E-state index contributed by atoms with van der Waals surface area (Å²) in [4.78, 5) is 15.4. The molecule has 1 amide bonds. The van der Waals surface area contributed by atoms with Crippen LogP contribution in [-0.2, 0) is 4.74 Å². The molecular weight excluding hydrogens is 259 g/mol. The van der Waals surface area contributed by atoms with Crippen LogP contribution in [0.4, 0.5) is 9.18 Å². The highest BCUT2D eigenvalue weighted by molar-refractivity contribution is 5.68. The number of amides is 1. The van der Waals surface area contributed by atoms with Crippen LogP contribution in [0.15, 0.2) is 36.8 Å². The van der Waals surface area contributed by atoms with Gasteiger partial charge >= 0.3 is 6.09 Å². The second-order valence-corrected chi connectivity index (χ2v) is 5.60. The summed E-state index contributed by atoms with van der Waals surface area (Å²) in [6, 6.07) is 0. The maximum Gasteiger partial charge on any atom is 0.410 e. The third kappa shape index (κ3) is 4.40. The molecule has 0 aromatic carbocycles. The van der Waals surface area contributed by atoms with Crippen molar-refractivity contribution in [2.75, 3.05) is 26.2 Å². The van der Waals surface area contributed by atoms with Gasteiger partial charge in [0.25, 0.3) is 0 Å². The molecule has 1 fully saturated rings. The highest BCUT2D eigenvalue weighted by atomic mass is 19.1. The molecule has 0 unspecified atom stereocenters. The van der Waals surface area contributed by atoms with Crippen molar-refractivity contribution >= 4 is 6.09 Å². The summed E-state index contributed by atoms with van der Waals surface area (Å²) in [5.41, 5.74) is -0.0844. The number of halogens is 1. The van der Waals surface area contributed by atoms with Crippen molar-refractivity contribution in [3.8, 4) is 0 Å². The van der Waals surface area contributed by atoms with Crippen molar-refractivity contribution in [1.82, 2.24) is 9.80 Å². The van der Waals surface area contributed by atoms with E-state index in [4.69, 9.17) is 4.74 Å². The van der Waals surface area contributed by atoms with Crippen LogP contribution in [0.1, 0.15) is 20.8 Å². The Morgan fingerprint density at radius 3 is 2.00 bits per heavy atom. The molecule has 0 aromatic rings. The van der Waals surface area contributed by atoms with Gasteiger partial charge in [-0.2, -0.15) is 0 Å². The van der Waals surface area contributed by atoms with Gasteiger partial charge in [-0.1, -0.05) is 13.2 Å². The maximum atomic E-state index is 13.6. The van der Waals surface area contributed by atoms with Crippen molar-refractivity contribution in [2.24, 2.45) is 0 Å². The summed E-state index contributed by atoms with van der Waals surface area (Å²) in [5, 5.41) is 0. The fraction of sp³-hybridized carbons (Fsp3) is 0.533. The molecule has 0 N–H and O–H groups in total. The summed E-state index contributed by atoms with van der Waals surface area (Å²) in [5.74, 6) is -0.397. The van der Waals surface area contributed by atoms with Gasteiger partial charge in [0.15, 0.2) is 0 Å². The van der Waals surface area contributed by atoms with Crippen molar-refractivity contribution in [3.63, 3.8) is 0 Å². The van der Waals surface area contributed by atoms with Gasteiger partial charge in [-0.3, -0.25) is 0 Å². The van der Waals surface area contributed by atoms with Gasteiger partial charge in [0.1, 0.15) is 11.4 Å². The van der Waals surface area contributed by atoms with E-state index < -0.39 is 11.4 Å². The first kappa shape index (κ1) is 16.3. The molecule has 0 spiro atoms. The predicted octanol–water partition coefficient (Wildman–Crippen LogP) is 3.09. The Morgan fingerprint density at radius 2 is 1.60 bits per heavy atom. The molecule has 4 nitrogen and oxygen atoms in total. The Bertz CT molecular complexity index is 416. The number of hydrogen-bond acceptors (Lipinski definition) is 3. The van der Waals surface area contributed by atoms with Gasteiger partial charge in [0.2, 0.25) is 0 Å². The Labute approximate surface area is 120 Å². The lowest BCUT2D eigenvalue weighted by molar-refractivity contribution is 0.0170. The monoisotopic (exact) mass is 282 g/mol. The minimum Gasteiger partial charge on any atom is -0.444 e. The number of allylic oxidation sites excluding steroid dienone is 3. The van der Waals surface area contributed by atoms with E-state index in [2.05, 4.69) is 13.2 Å². The first-order chi connectivity index (χ1) is 9.28. The van der Waals surface area contributed by atoms with E-state index >= 15 is 0 Å². The highest BCUT2D eigenvalue weighted by Crippen LogP contribution is 2.18. The molecule has 1 rings (SSSR count). The number of piperazine rings is 1. The van der Waals surface area contributed by atoms with E-state index in [9.17, 15) is 9.18 Å². The Balaban J connectivity index is 2.62. The average Bonchev–Trinajstić information content (AvgIpc) is 2.38. The van der Waals surface area contributed by atoms with Crippen LogP contribution in [0.2, 0.25) is 0 Å². The predicted molar refractivity (Wildman–Crippen MR) is 77.9 cm³/mol. The normalized spacial score (nSPS) is 17.4. The fourth-order valence-electron chi connectivity index (χ4n) is 1.94. The molecule has 0 saturated carbocycles. The quantitative estimate of drug-likeness (QED) is 0.746. The lowest BCUT2D eigenvalue weighted by Crippen LogP contribution is -2.49. The van der Waals surface area contributed by atoms with Crippen molar-refractivity contribution in [3.05, 3.63) is 36.8 Å². The van der Waals surface area contributed by atoms with Gasteiger partial charge in [-0.25, -0.2) is 9.18 Å². The maximum absolute atomic E-state index is 13.6. The van der Waals surface area contributed by atoms with Gasteiger partial charge in [-0.15, -0.1) is 0 Å². The number of ether oxygens (including phenoxy) is 1. The molecule has 0 aromatic heterocycles. The Kier molecular flexibility index (Phi) is 5.36. The van der Waals surface area contributed by atoms with Crippen LogP contribution >= 0.6 is 0 Å². The molecule has 1 aliphatic rings. The van der Waals surface area contributed by atoms with Crippen LogP contribution in [0, 0.1) is 0 Å². The first-order valence-electron chi connectivity index (χ1n) is 6.66. The van der Waals surface area contributed by atoms with E-state index in [-0.39, 0.29) is 6.09 Å². The van der Waals surface area contributed by atoms with Gasteiger partial charge in [-0.05, 0) is 32.9 Å². The number of hydrogen-bond donors (Lipinski definition) is 0. The summed E-state index contributed by atoms with van der Waals surface area (Å²) in [7, 11) is 0. The number of carbonyl (C=O) groups excluding carboxylic acids is 1.